The van der Waals surface area contributed by atoms with E-state index in [2.05, 4.69) is 20.6 Å². The molecular formula is C14H16N6O. The molecule has 0 aliphatic rings. The summed E-state index contributed by atoms with van der Waals surface area (Å²) >= 11 is 0. The monoisotopic (exact) mass is 284 g/mol. The molecule has 0 unspecified atom stereocenters. The largest absolute Gasteiger partial charge is 0.350 e. The molecular weight excluding hydrogens is 268 g/mol. The van der Waals surface area contributed by atoms with E-state index in [1.165, 1.54) is 0 Å². The highest BCUT2D eigenvalue weighted by atomic mass is 16.1. The Kier molecular flexibility index (Phi) is 3.63. The van der Waals surface area contributed by atoms with Gasteiger partial charge in [-0.05, 0) is 25.1 Å². The maximum Gasteiger partial charge on any atom is 0.271 e. The summed E-state index contributed by atoms with van der Waals surface area (Å²) in [5, 5.41) is 15.2. The molecule has 0 spiro atoms. The minimum atomic E-state index is -0.170. The van der Waals surface area contributed by atoms with Gasteiger partial charge in [0.05, 0.1) is 0 Å². The van der Waals surface area contributed by atoms with E-state index in [1.54, 1.807) is 16.9 Å². The Morgan fingerprint density at radius 2 is 2.14 bits per heavy atom. The van der Waals surface area contributed by atoms with E-state index >= 15 is 0 Å². The summed E-state index contributed by atoms with van der Waals surface area (Å²) in [7, 11) is 0. The number of amides is 1. The number of nitrogens with one attached hydrogen (secondary N) is 1. The average molecular weight is 284 g/mol. The molecule has 3 rings (SSSR count). The van der Waals surface area contributed by atoms with E-state index in [9.17, 15) is 4.79 Å². The lowest BCUT2D eigenvalue weighted by atomic mass is 10.3. The Morgan fingerprint density at radius 3 is 2.95 bits per heavy atom. The molecule has 108 valence electrons. The van der Waals surface area contributed by atoms with Crippen LogP contribution in [-0.2, 0) is 13.0 Å². The third-order valence-corrected chi connectivity index (χ3v) is 3.22. The van der Waals surface area contributed by atoms with Gasteiger partial charge in [-0.1, -0.05) is 6.07 Å². The molecule has 1 amide bonds. The number of aromatic nitrogens is 5. The standard InChI is InChI=1S/C14H16N6O/c1-2-19-10-7-11(18-19)14(21)15-8-6-13-17-16-12-5-3-4-9-20(12)13/h3-5,7,9-10H,2,6,8H2,1H3,(H,15,21). The van der Waals surface area contributed by atoms with Gasteiger partial charge >= 0.3 is 0 Å². The highest BCUT2D eigenvalue weighted by Gasteiger charge is 2.09. The predicted octanol–water partition coefficient (Wildman–Crippen LogP) is 0.918. The molecule has 0 bridgehead atoms. The molecule has 21 heavy (non-hydrogen) atoms. The van der Waals surface area contributed by atoms with Crippen molar-refractivity contribution in [2.75, 3.05) is 6.54 Å². The van der Waals surface area contributed by atoms with Crippen molar-refractivity contribution in [1.82, 2.24) is 29.7 Å². The Morgan fingerprint density at radius 1 is 1.24 bits per heavy atom. The highest BCUT2D eigenvalue weighted by Crippen LogP contribution is 2.03. The van der Waals surface area contributed by atoms with E-state index in [0.717, 1.165) is 18.0 Å². The zero-order valence-corrected chi connectivity index (χ0v) is 11.7. The van der Waals surface area contributed by atoms with Gasteiger partial charge in [0.2, 0.25) is 0 Å². The number of pyridine rings is 1. The van der Waals surface area contributed by atoms with E-state index in [-0.39, 0.29) is 5.91 Å². The Balaban J connectivity index is 1.59. The van der Waals surface area contributed by atoms with E-state index < -0.39 is 0 Å². The molecule has 0 saturated heterocycles. The lowest BCUT2D eigenvalue weighted by Gasteiger charge is -2.02. The second-order valence-electron chi connectivity index (χ2n) is 4.61. The molecule has 0 fully saturated rings. The first-order chi connectivity index (χ1) is 10.3. The van der Waals surface area contributed by atoms with Gasteiger partial charge in [-0.25, -0.2) is 0 Å². The first-order valence-electron chi connectivity index (χ1n) is 6.88. The predicted molar refractivity (Wildman–Crippen MR) is 76.9 cm³/mol. The van der Waals surface area contributed by atoms with Crippen LogP contribution in [0, 0.1) is 0 Å². The topological polar surface area (TPSA) is 77.1 Å². The van der Waals surface area contributed by atoms with Crippen molar-refractivity contribution < 1.29 is 4.79 Å². The summed E-state index contributed by atoms with van der Waals surface area (Å²) in [4.78, 5) is 11.9. The summed E-state index contributed by atoms with van der Waals surface area (Å²) in [6.07, 6.45) is 4.32. The Hall–Kier alpha value is -2.70. The van der Waals surface area contributed by atoms with E-state index in [0.29, 0.717) is 18.7 Å². The van der Waals surface area contributed by atoms with Gasteiger partial charge in [-0.15, -0.1) is 10.2 Å². The fourth-order valence-electron chi connectivity index (χ4n) is 2.10. The molecule has 3 heterocycles. The first kappa shape index (κ1) is 13.3. The average Bonchev–Trinajstić information content (AvgIpc) is 3.14. The molecule has 0 aliphatic carbocycles. The van der Waals surface area contributed by atoms with Gasteiger partial charge in [-0.2, -0.15) is 5.10 Å². The van der Waals surface area contributed by atoms with Gasteiger partial charge in [0.25, 0.3) is 5.91 Å². The Bertz CT molecular complexity index is 760. The second kappa shape index (κ2) is 5.74. The number of carbonyl (C=O) groups is 1. The number of hydrogen-bond acceptors (Lipinski definition) is 4. The Labute approximate surface area is 121 Å². The number of carbonyl (C=O) groups excluding carboxylic acids is 1. The van der Waals surface area contributed by atoms with Crippen LogP contribution in [0.5, 0.6) is 0 Å². The van der Waals surface area contributed by atoms with Crippen molar-refractivity contribution in [3.05, 3.63) is 48.2 Å². The number of fused-ring (bicyclic) bond motifs is 1. The summed E-state index contributed by atoms with van der Waals surface area (Å²) in [6.45, 7) is 3.22. The van der Waals surface area contributed by atoms with Crippen LogP contribution < -0.4 is 5.32 Å². The number of rotatable bonds is 5. The summed E-state index contributed by atoms with van der Waals surface area (Å²) in [5.74, 6) is 0.654. The molecule has 7 nitrogen and oxygen atoms in total. The minimum Gasteiger partial charge on any atom is -0.350 e. The summed E-state index contributed by atoms with van der Waals surface area (Å²) in [5.41, 5.74) is 1.24. The SMILES string of the molecule is CCn1ccc(C(=O)NCCc2nnc3ccccn23)n1. The van der Waals surface area contributed by atoms with Crippen LogP contribution in [0.4, 0.5) is 0 Å². The lowest BCUT2D eigenvalue weighted by Crippen LogP contribution is -2.26. The number of nitrogens with zero attached hydrogens (tertiary/aromatic N) is 5. The fourth-order valence-corrected chi connectivity index (χ4v) is 2.10. The normalized spacial score (nSPS) is 10.9. The van der Waals surface area contributed by atoms with Crippen LogP contribution in [0.3, 0.4) is 0 Å². The molecule has 7 heteroatoms. The van der Waals surface area contributed by atoms with Crippen LogP contribution in [-0.4, -0.2) is 36.8 Å². The molecule has 0 atom stereocenters. The van der Waals surface area contributed by atoms with E-state index in [4.69, 9.17) is 0 Å². The second-order valence-corrected chi connectivity index (χ2v) is 4.61. The van der Waals surface area contributed by atoms with Crippen LogP contribution in [0.25, 0.3) is 5.65 Å². The van der Waals surface area contributed by atoms with E-state index in [1.807, 2.05) is 35.7 Å². The van der Waals surface area contributed by atoms with Crippen molar-refractivity contribution in [2.45, 2.75) is 19.9 Å². The van der Waals surface area contributed by atoms with Crippen molar-refractivity contribution in [3.8, 4) is 0 Å². The molecule has 0 aliphatic heterocycles. The summed E-state index contributed by atoms with van der Waals surface area (Å²) in [6, 6.07) is 7.45. The van der Waals surface area contributed by atoms with Crippen LogP contribution in [0.1, 0.15) is 23.2 Å². The summed E-state index contributed by atoms with van der Waals surface area (Å²) < 4.78 is 3.64. The third kappa shape index (κ3) is 2.76. The van der Waals surface area contributed by atoms with Gasteiger partial charge in [0.15, 0.2) is 5.65 Å². The lowest BCUT2D eigenvalue weighted by molar-refractivity contribution is 0.0948. The van der Waals surface area contributed by atoms with Gasteiger partial charge < -0.3 is 5.32 Å². The quantitative estimate of drug-likeness (QED) is 0.755. The minimum absolute atomic E-state index is 0.170. The zero-order chi connectivity index (χ0) is 14.7. The zero-order valence-electron chi connectivity index (χ0n) is 11.7. The molecule has 0 aromatic carbocycles. The molecule has 0 saturated carbocycles. The van der Waals surface area contributed by atoms with Crippen molar-refractivity contribution in [2.24, 2.45) is 0 Å². The van der Waals surface area contributed by atoms with Crippen LogP contribution in [0.15, 0.2) is 36.7 Å². The van der Waals surface area contributed by atoms with Gasteiger partial charge in [0, 0.05) is 31.9 Å². The van der Waals surface area contributed by atoms with Crippen LogP contribution in [0.2, 0.25) is 0 Å². The molecule has 0 radical (unpaired) electrons. The first-order valence-corrected chi connectivity index (χ1v) is 6.88. The van der Waals surface area contributed by atoms with Crippen LogP contribution >= 0.6 is 0 Å². The molecule has 3 aromatic heterocycles. The number of aryl methyl sites for hydroxylation is 1. The number of hydrogen-bond donors (Lipinski definition) is 1. The molecule has 3 aromatic rings. The highest BCUT2D eigenvalue weighted by molar-refractivity contribution is 5.92. The molecule has 1 N–H and O–H groups in total. The maximum absolute atomic E-state index is 11.9. The van der Waals surface area contributed by atoms with Crippen molar-refractivity contribution in [1.29, 1.82) is 0 Å². The third-order valence-electron chi connectivity index (χ3n) is 3.22. The van der Waals surface area contributed by atoms with Crippen molar-refractivity contribution in [3.63, 3.8) is 0 Å². The van der Waals surface area contributed by atoms with Gasteiger partial charge in [-0.3, -0.25) is 13.9 Å². The smallest absolute Gasteiger partial charge is 0.271 e. The van der Waals surface area contributed by atoms with Gasteiger partial charge in [0.1, 0.15) is 11.5 Å². The van der Waals surface area contributed by atoms with Crippen molar-refractivity contribution >= 4 is 11.6 Å². The fraction of sp³-hybridized carbons (Fsp3) is 0.286. The maximum atomic E-state index is 11.9.